The predicted octanol–water partition coefficient (Wildman–Crippen LogP) is 1.62. The van der Waals surface area contributed by atoms with Gasteiger partial charge in [-0.15, -0.1) is 0 Å². The molecule has 2 rings (SSSR count). The number of carboxylic acids is 1. The number of carboxylic acid groups (broad SMARTS) is 1. The molecule has 21 heavy (non-hydrogen) atoms. The normalized spacial score (nSPS) is 18.6. The highest BCUT2D eigenvalue weighted by Gasteiger charge is 2.19. The second-order valence-electron chi connectivity index (χ2n) is 5.11. The first kappa shape index (κ1) is 15.8. The second-order valence-corrected chi connectivity index (χ2v) is 6.95. The minimum Gasteiger partial charge on any atom is -0.481 e. The molecule has 6 nitrogen and oxygen atoms in total. The summed E-state index contributed by atoms with van der Waals surface area (Å²) in [6.07, 6.45) is 2.36. The van der Waals surface area contributed by atoms with Crippen LogP contribution in [0, 0.1) is 0 Å². The van der Waals surface area contributed by atoms with E-state index in [2.05, 4.69) is 4.72 Å². The molecule has 1 fully saturated rings. The molecule has 116 valence electrons. The Morgan fingerprint density at radius 1 is 1.33 bits per heavy atom. The van der Waals surface area contributed by atoms with E-state index in [1.54, 1.807) is 24.3 Å². The van der Waals surface area contributed by atoms with Crippen LogP contribution in [-0.4, -0.2) is 38.0 Å². The van der Waals surface area contributed by atoms with Crippen LogP contribution in [0.5, 0.6) is 0 Å². The van der Waals surface area contributed by atoms with Gasteiger partial charge in [0.1, 0.15) is 0 Å². The highest BCUT2D eigenvalue weighted by molar-refractivity contribution is 7.92. The van der Waals surface area contributed by atoms with Gasteiger partial charge < -0.3 is 9.84 Å². The largest absolute Gasteiger partial charge is 0.481 e. The lowest BCUT2D eigenvalue weighted by atomic mass is 10.1. The predicted molar refractivity (Wildman–Crippen MR) is 78.8 cm³/mol. The first-order valence-electron chi connectivity index (χ1n) is 6.87. The fourth-order valence-electron chi connectivity index (χ4n) is 2.25. The number of ether oxygens (including phenoxy) is 1. The van der Waals surface area contributed by atoms with Crippen LogP contribution in [-0.2, 0) is 26.0 Å². The van der Waals surface area contributed by atoms with E-state index in [1.807, 2.05) is 0 Å². The van der Waals surface area contributed by atoms with Crippen LogP contribution >= 0.6 is 0 Å². The average Bonchev–Trinajstić information content (AvgIpc) is 2.91. The molecule has 1 aliphatic rings. The Kier molecular flexibility index (Phi) is 5.19. The standard InChI is InChI=1S/C14H19NO5S/c16-14(17)10-11-3-5-12(6-4-11)15-21(18,19)9-7-13-2-1-8-20-13/h3-6,13,15H,1-2,7-10H2,(H,16,17). The number of benzene rings is 1. The van der Waals surface area contributed by atoms with E-state index in [0.717, 1.165) is 12.8 Å². The lowest BCUT2D eigenvalue weighted by Gasteiger charge is -2.11. The number of hydrogen-bond donors (Lipinski definition) is 2. The van der Waals surface area contributed by atoms with Crippen molar-refractivity contribution in [3.05, 3.63) is 29.8 Å². The molecule has 1 aromatic rings. The highest BCUT2D eigenvalue weighted by Crippen LogP contribution is 2.17. The summed E-state index contributed by atoms with van der Waals surface area (Å²) >= 11 is 0. The van der Waals surface area contributed by atoms with E-state index in [1.165, 1.54) is 0 Å². The molecule has 1 unspecified atom stereocenters. The summed E-state index contributed by atoms with van der Waals surface area (Å²) in [7, 11) is -3.40. The number of hydrogen-bond acceptors (Lipinski definition) is 4. The minimum atomic E-state index is -3.40. The van der Waals surface area contributed by atoms with Crippen molar-refractivity contribution < 1.29 is 23.1 Å². The summed E-state index contributed by atoms with van der Waals surface area (Å²) in [5.41, 5.74) is 1.07. The van der Waals surface area contributed by atoms with Gasteiger partial charge >= 0.3 is 5.97 Å². The number of anilines is 1. The highest BCUT2D eigenvalue weighted by atomic mass is 32.2. The van der Waals surface area contributed by atoms with Gasteiger partial charge in [-0.2, -0.15) is 0 Å². The van der Waals surface area contributed by atoms with E-state index >= 15 is 0 Å². The van der Waals surface area contributed by atoms with E-state index in [0.29, 0.717) is 24.3 Å². The summed E-state index contributed by atoms with van der Waals surface area (Å²) in [5, 5.41) is 8.67. The summed E-state index contributed by atoms with van der Waals surface area (Å²) < 4.78 is 31.8. The first-order valence-corrected chi connectivity index (χ1v) is 8.53. The monoisotopic (exact) mass is 313 g/mol. The summed E-state index contributed by atoms with van der Waals surface area (Å²) in [4.78, 5) is 10.6. The van der Waals surface area contributed by atoms with E-state index in [9.17, 15) is 13.2 Å². The van der Waals surface area contributed by atoms with E-state index in [-0.39, 0.29) is 18.3 Å². The van der Waals surface area contributed by atoms with Crippen molar-refractivity contribution in [1.29, 1.82) is 0 Å². The number of rotatable bonds is 7. The molecule has 2 N–H and O–H groups in total. The first-order chi connectivity index (χ1) is 9.94. The topological polar surface area (TPSA) is 92.7 Å². The number of sulfonamides is 1. The number of nitrogens with one attached hydrogen (secondary N) is 1. The van der Waals surface area contributed by atoms with Crippen LogP contribution in [0.25, 0.3) is 0 Å². The molecule has 1 aromatic carbocycles. The zero-order valence-corrected chi connectivity index (χ0v) is 12.4. The summed E-state index contributed by atoms with van der Waals surface area (Å²) in [5.74, 6) is -0.894. The van der Waals surface area contributed by atoms with Gasteiger partial charge in [0.05, 0.1) is 18.3 Å². The van der Waals surface area contributed by atoms with Crippen molar-refractivity contribution in [3.63, 3.8) is 0 Å². The SMILES string of the molecule is O=C(O)Cc1ccc(NS(=O)(=O)CCC2CCCO2)cc1. The molecule has 1 aliphatic heterocycles. The van der Waals surface area contributed by atoms with Crippen LogP contribution in [0.2, 0.25) is 0 Å². The molecule has 7 heteroatoms. The Morgan fingerprint density at radius 3 is 2.62 bits per heavy atom. The van der Waals surface area contributed by atoms with Gasteiger partial charge in [-0.25, -0.2) is 8.42 Å². The third-order valence-electron chi connectivity index (χ3n) is 3.32. The molecule has 0 saturated carbocycles. The third kappa shape index (κ3) is 5.35. The molecule has 1 heterocycles. The second kappa shape index (κ2) is 6.91. The van der Waals surface area contributed by atoms with Gasteiger partial charge in [0, 0.05) is 12.3 Å². The number of aliphatic carboxylic acids is 1. The molecular weight excluding hydrogens is 294 g/mol. The lowest BCUT2D eigenvalue weighted by Crippen LogP contribution is -2.20. The zero-order valence-electron chi connectivity index (χ0n) is 11.6. The maximum atomic E-state index is 12.0. The number of carbonyl (C=O) groups is 1. The van der Waals surface area contributed by atoms with Crippen LogP contribution in [0.3, 0.4) is 0 Å². The van der Waals surface area contributed by atoms with Gasteiger partial charge in [0.2, 0.25) is 10.0 Å². The van der Waals surface area contributed by atoms with Crippen molar-refractivity contribution in [2.24, 2.45) is 0 Å². The average molecular weight is 313 g/mol. The Morgan fingerprint density at radius 2 is 2.05 bits per heavy atom. The molecule has 0 aliphatic carbocycles. The Balaban J connectivity index is 1.88. The van der Waals surface area contributed by atoms with Crippen molar-refractivity contribution >= 4 is 21.7 Å². The minimum absolute atomic E-state index is 0.0224. The van der Waals surface area contributed by atoms with Crippen LogP contribution in [0.15, 0.2) is 24.3 Å². The third-order valence-corrected chi connectivity index (χ3v) is 4.64. The van der Waals surface area contributed by atoms with Crippen molar-refractivity contribution in [1.82, 2.24) is 0 Å². The maximum Gasteiger partial charge on any atom is 0.307 e. The van der Waals surface area contributed by atoms with Crippen molar-refractivity contribution in [3.8, 4) is 0 Å². The molecule has 0 radical (unpaired) electrons. The van der Waals surface area contributed by atoms with Gasteiger partial charge in [-0.3, -0.25) is 9.52 Å². The van der Waals surface area contributed by atoms with Crippen molar-refractivity contribution in [2.75, 3.05) is 17.1 Å². The Labute approximate surface area is 124 Å². The zero-order chi connectivity index (χ0) is 15.3. The van der Waals surface area contributed by atoms with Gasteiger partial charge in [-0.1, -0.05) is 12.1 Å². The molecule has 0 bridgehead atoms. The van der Waals surface area contributed by atoms with Crippen LogP contribution in [0.1, 0.15) is 24.8 Å². The van der Waals surface area contributed by atoms with Crippen molar-refractivity contribution in [2.45, 2.75) is 31.8 Å². The van der Waals surface area contributed by atoms with Gasteiger partial charge in [0.15, 0.2) is 0 Å². The lowest BCUT2D eigenvalue weighted by molar-refractivity contribution is -0.136. The summed E-state index contributed by atoms with van der Waals surface area (Å²) in [6.45, 7) is 0.711. The summed E-state index contributed by atoms with van der Waals surface area (Å²) in [6, 6.07) is 6.35. The maximum absolute atomic E-state index is 12.0. The quantitative estimate of drug-likeness (QED) is 0.798. The molecular formula is C14H19NO5S. The molecule has 1 saturated heterocycles. The van der Waals surface area contributed by atoms with Gasteiger partial charge in [0.25, 0.3) is 0 Å². The van der Waals surface area contributed by atoms with E-state index in [4.69, 9.17) is 9.84 Å². The fraction of sp³-hybridized carbons (Fsp3) is 0.500. The van der Waals surface area contributed by atoms with Crippen LogP contribution < -0.4 is 4.72 Å². The Hall–Kier alpha value is -1.60. The fourth-order valence-corrected chi connectivity index (χ4v) is 3.42. The smallest absolute Gasteiger partial charge is 0.307 e. The van der Waals surface area contributed by atoms with Gasteiger partial charge in [-0.05, 0) is 37.0 Å². The molecule has 0 aromatic heterocycles. The molecule has 1 atom stereocenters. The van der Waals surface area contributed by atoms with E-state index < -0.39 is 16.0 Å². The Bertz CT molecular complexity index is 576. The molecule has 0 amide bonds. The molecule has 0 spiro atoms. The van der Waals surface area contributed by atoms with Crippen LogP contribution in [0.4, 0.5) is 5.69 Å².